The predicted octanol–water partition coefficient (Wildman–Crippen LogP) is 1.04. The molecule has 0 fully saturated rings. The molecule has 108 valence electrons. The lowest BCUT2D eigenvalue weighted by molar-refractivity contribution is 0.0953. The summed E-state index contributed by atoms with van der Waals surface area (Å²) in [6.45, 7) is 7.06. The number of nitrogens with one attached hydrogen (secondary N) is 1. The van der Waals surface area contributed by atoms with Crippen LogP contribution < -0.4 is 11.1 Å². The van der Waals surface area contributed by atoms with Gasteiger partial charge in [0.15, 0.2) is 0 Å². The first-order chi connectivity index (χ1) is 9.38. The molecule has 2 rings (SSSR count). The van der Waals surface area contributed by atoms with Gasteiger partial charge in [-0.25, -0.2) is 0 Å². The summed E-state index contributed by atoms with van der Waals surface area (Å²) in [5.41, 5.74) is 6.71. The molecule has 0 aliphatic carbocycles. The SMILES string of the molecule is CC(C)(C)c1nnsc1C(=O)NCCn1cc(N)cn1. The lowest BCUT2D eigenvalue weighted by Gasteiger charge is -2.16. The van der Waals surface area contributed by atoms with Gasteiger partial charge in [0.2, 0.25) is 0 Å². The molecule has 0 saturated carbocycles. The Morgan fingerprint density at radius 2 is 2.25 bits per heavy atom. The highest BCUT2D eigenvalue weighted by molar-refractivity contribution is 7.08. The van der Waals surface area contributed by atoms with Crippen LogP contribution in [-0.4, -0.2) is 31.8 Å². The molecule has 3 N–H and O–H groups in total. The van der Waals surface area contributed by atoms with Crippen molar-refractivity contribution in [2.45, 2.75) is 32.7 Å². The van der Waals surface area contributed by atoms with Gasteiger partial charge in [0.05, 0.1) is 24.1 Å². The molecule has 0 radical (unpaired) electrons. The van der Waals surface area contributed by atoms with E-state index in [2.05, 4.69) is 20.0 Å². The van der Waals surface area contributed by atoms with Crippen LogP contribution in [0, 0.1) is 0 Å². The lowest BCUT2D eigenvalue weighted by atomic mass is 9.91. The van der Waals surface area contributed by atoms with Crippen molar-refractivity contribution in [2.24, 2.45) is 0 Å². The number of carbonyl (C=O) groups is 1. The maximum absolute atomic E-state index is 12.1. The Kier molecular flexibility index (Phi) is 4.03. The van der Waals surface area contributed by atoms with E-state index in [0.717, 1.165) is 17.2 Å². The molecule has 2 heterocycles. The van der Waals surface area contributed by atoms with Crippen LogP contribution in [-0.2, 0) is 12.0 Å². The summed E-state index contributed by atoms with van der Waals surface area (Å²) in [7, 11) is 0. The summed E-state index contributed by atoms with van der Waals surface area (Å²) in [5, 5.41) is 10.9. The van der Waals surface area contributed by atoms with E-state index in [9.17, 15) is 4.79 Å². The molecule has 7 nitrogen and oxygen atoms in total. The summed E-state index contributed by atoms with van der Waals surface area (Å²) in [6.07, 6.45) is 3.30. The molecule has 0 aliphatic heterocycles. The minimum Gasteiger partial charge on any atom is -0.396 e. The maximum Gasteiger partial charge on any atom is 0.265 e. The Bertz CT molecular complexity index is 597. The second-order valence-electron chi connectivity index (χ2n) is 5.49. The maximum atomic E-state index is 12.1. The van der Waals surface area contributed by atoms with E-state index in [1.165, 1.54) is 0 Å². The molecular formula is C12H18N6OS. The zero-order valence-corrected chi connectivity index (χ0v) is 12.6. The third kappa shape index (κ3) is 3.32. The standard InChI is InChI=1S/C12H18N6OS/c1-12(2,3)10-9(20-17-16-10)11(19)14-4-5-18-7-8(13)6-15-18/h6-7H,4-5,13H2,1-3H3,(H,14,19). The van der Waals surface area contributed by atoms with E-state index >= 15 is 0 Å². The fourth-order valence-electron chi connectivity index (χ4n) is 1.70. The second-order valence-corrected chi connectivity index (χ2v) is 6.25. The highest BCUT2D eigenvalue weighted by atomic mass is 32.1. The van der Waals surface area contributed by atoms with Gasteiger partial charge in [0.25, 0.3) is 5.91 Å². The molecule has 2 aromatic rings. The number of rotatable bonds is 4. The van der Waals surface area contributed by atoms with Crippen molar-refractivity contribution in [1.29, 1.82) is 0 Å². The summed E-state index contributed by atoms with van der Waals surface area (Å²) in [5.74, 6) is -0.148. The van der Waals surface area contributed by atoms with E-state index in [-0.39, 0.29) is 11.3 Å². The van der Waals surface area contributed by atoms with Gasteiger partial charge in [-0.3, -0.25) is 9.48 Å². The quantitative estimate of drug-likeness (QED) is 0.878. The van der Waals surface area contributed by atoms with Crippen LogP contribution in [0.5, 0.6) is 0 Å². The van der Waals surface area contributed by atoms with E-state index in [4.69, 9.17) is 5.73 Å². The normalized spacial score (nSPS) is 11.6. The average molecular weight is 294 g/mol. The summed E-state index contributed by atoms with van der Waals surface area (Å²) >= 11 is 1.12. The minimum atomic E-state index is -0.198. The summed E-state index contributed by atoms with van der Waals surface area (Å²) < 4.78 is 5.56. The third-order valence-corrected chi connectivity index (χ3v) is 3.41. The Balaban J connectivity index is 1.94. The van der Waals surface area contributed by atoms with Crippen LogP contribution in [0.25, 0.3) is 0 Å². The number of amides is 1. The number of hydrogen-bond donors (Lipinski definition) is 2. The molecule has 8 heteroatoms. The molecule has 2 aromatic heterocycles. The van der Waals surface area contributed by atoms with Crippen molar-refractivity contribution in [3.8, 4) is 0 Å². The number of nitrogens with zero attached hydrogens (tertiary/aromatic N) is 4. The van der Waals surface area contributed by atoms with E-state index in [0.29, 0.717) is 23.7 Å². The van der Waals surface area contributed by atoms with Crippen molar-refractivity contribution in [3.05, 3.63) is 23.0 Å². The smallest absolute Gasteiger partial charge is 0.265 e. The zero-order chi connectivity index (χ0) is 14.8. The van der Waals surface area contributed by atoms with Crippen molar-refractivity contribution in [2.75, 3.05) is 12.3 Å². The first kappa shape index (κ1) is 14.4. The summed E-state index contributed by atoms with van der Waals surface area (Å²) in [6, 6.07) is 0. The van der Waals surface area contributed by atoms with Gasteiger partial charge in [-0.15, -0.1) is 5.10 Å². The van der Waals surface area contributed by atoms with E-state index in [1.54, 1.807) is 17.1 Å². The largest absolute Gasteiger partial charge is 0.396 e. The topological polar surface area (TPSA) is 98.7 Å². The van der Waals surface area contributed by atoms with Crippen molar-refractivity contribution < 1.29 is 4.79 Å². The van der Waals surface area contributed by atoms with Gasteiger partial charge < -0.3 is 11.1 Å². The van der Waals surface area contributed by atoms with Gasteiger partial charge in [-0.2, -0.15) is 5.10 Å². The highest BCUT2D eigenvalue weighted by Gasteiger charge is 2.25. The van der Waals surface area contributed by atoms with E-state index < -0.39 is 0 Å². The predicted molar refractivity (Wildman–Crippen MR) is 77.6 cm³/mol. The first-order valence-corrected chi connectivity index (χ1v) is 7.04. The fraction of sp³-hybridized carbons (Fsp3) is 0.500. The van der Waals surface area contributed by atoms with Crippen LogP contribution in [0.15, 0.2) is 12.4 Å². The van der Waals surface area contributed by atoms with Crippen LogP contribution in [0.3, 0.4) is 0 Å². The molecule has 0 aromatic carbocycles. The third-order valence-electron chi connectivity index (χ3n) is 2.68. The number of hydrogen-bond acceptors (Lipinski definition) is 6. The molecule has 0 unspecified atom stereocenters. The Labute approximate surface area is 121 Å². The van der Waals surface area contributed by atoms with Gasteiger partial charge in [0.1, 0.15) is 4.88 Å². The van der Waals surface area contributed by atoms with Gasteiger partial charge >= 0.3 is 0 Å². The fourth-order valence-corrected chi connectivity index (χ4v) is 2.49. The molecule has 20 heavy (non-hydrogen) atoms. The van der Waals surface area contributed by atoms with Crippen molar-refractivity contribution in [1.82, 2.24) is 24.7 Å². The number of nitrogens with two attached hydrogens (primary N) is 1. The molecule has 0 spiro atoms. The lowest BCUT2D eigenvalue weighted by Crippen LogP contribution is -2.29. The van der Waals surface area contributed by atoms with Crippen LogP contribution >= 0.6 is 11.5 Å². The highest BCUT2D eigenvalue weighted by Crippen LogP contribution is 2.25. The Hall–Kier alpha value is -1.96. The first-order valence-electron chi connectivity index (χ1n) is 6.27. The minimum absolute atomic E-state index is 0.148. The molecule has 0 aliphatic rings. The zero-order valence-electron chi connectivity index (χ0n) is 11.8. The van der Waals surface area contributed by atoms with Crippen LogP contribution in [0.1, 0.15) is 36.1 Å². The Morgan fingerprint density at radius 3 is 2.85 bits per heavy atom. The molecule has 0 saturated heterocycles. The van der Waals surface area contributed by atoms with Crippen molar-refractivity contribution in [3.63, 3.8) is 0 Å². The van der Waals surface area contributed by atoms with Crippen molar-refractivity contribution >= 4 is 23.1 Å². The number of carbonyl (C=O) groups excluding carboxylic acids is 1. The van der Waals surface area contributed by atoms with Gasteiger partial charge in [0, 0.05) is 18.2 Å². The monoisotopic (exact) mass is 294 g/mol. The van der Waals surface area contributed by atoms with Crippen LogP contribution in [0.4, 0.5) is 5.69 Å². The van der Waals surface area contributed by atoms with Crippen LogP contribution in [0.2, 0.25) is 0 Å². The Morgan fingerprint density at radius 1 is 1.50 bits per heavy atom. The van der Waals surface area contributed by atoms with Gasteiger partial charge in [-0.05, 0) is 11.5 Å². The number of aromatic nitrogens is 4. The number of anilines is 1. The van der Waals surface area contributed by atoms with E-state index in [1.807, 2.05) is 20.8 Å². The second kappa shape index (κ2) is 5.58. The summed E-state index contributed by atoms with van der Waals surface area (Å²) in [4.78, 5) is 12.7. The molecule has 0 bridgehead atoms. The molecule has 1 amide bonds. The molecular weight excluding hydrogens is 276 g/mol. The number of nitrogen functional groups attached to an aromatic ring is 1. The average Bonchev–Trinajstić information content (AvgIpc) is 2.96. The van der Waals surface area contributed by atoms with Gasteiger partial charge in [-0.1, -0.05) is 25.3 Å². The molecule has 0 atom stereocenters.